The molecule has 2 rings (SSSR count). The van der Waals surface area contributed by atoms with Crippen LogP contribution in [0.15, 0.2) is 47.2 Å². The summed E-state index contributed by atoms with van der Waals surface area (Å²) in [6.07, 6.45) is 3.51. The first-order valence-electron chi connectivity index (χ1n) is 4.84. The van der Waals surface area contributed by atoms with Gasteiger partial charge in [0, 0.05) is 24.0 Å². The molecule has 0 aliphatic rings. The molecule has 2 aromatic rings. The first-order valence-corrected chi connectivity index (χ1v) is 6.01. The molecule has 0 atom stereocenters. The summed E-state index contributed by atoms with van der Waals surface area (Å²) in [5, 5.41) is 4.08. The standard InChI is InChI=1S/C12H10BrClN2/c13-10-8-15-6-5-12(10)16-7-9-3-1-2-4-11(9)14/h1-6,8H,7H2,(H,15,16). The molecule has 0 amide bonds. The van der Waals surface area contributed by atoms with Gasteiger partial charge >= 0.3 is 0 Å². The van der Waals surface area contributed by atoms with Crippen LogP contribution in [0.4, 0.5) is 5.69 Å². The summed E-state index contributed by atoms with van der Waals surface area (Å²) in [4.78, 5) is 4.00. The molecule has 1 N–H and O–H groups in total. The Morgan fingerprint density at radius 3 is 2.81 bits per heavy atom. The minimum atomic E-state index is 0.697. The lowest BCUT2D eigenvalue weighted by molar-refractivity contribution is 1.14. The second kappa shape index (κ2) is 5.32. The van der Waals surface area contributed by atoms with Crippen LogP contribution in [-0.4, -0.2) is 4.98 Å². The summed E-state index contributed by atoms with van der Waals surface area (Å²) >= 11 is 9.50. The Kier molecular flexibility index (Phi) is 3.80. The zero-order chi connectivity index (χ0) is 11.4. The van der Waals surface area contributed by atoms with Gasteiger partial charge in [0.1, 0.15) is 0 Å². The van der Waals surface area contributed by atoms with E-state index in [9.17, 15) is 0 Å². The second-order valence-corrected chi connectivity index (χ2v) is 4.56. The second-order valence-electron chi connectivity index (χ2n) is 3.30. The molecule has 0 fully saturated rings. The molecule has 0 saturated heterocycles. The Bertz CT molecular complexity index is 442. The number of hydrogen-bond donors (Lipinski definition) is 1. The minimum absolute atomic E-state index is 0.697. The zero-order valence-corrected chi connectivity index (χ0v) is 10.8. The number of benzene rings is 1. The van der Waals surface area contributed by atoms with Gasteiger partial charge < -0.3 is 5.32 Å². The maximum Gasteiger partial charge on any atom is 0.0590 e. The molecule has 0 unspecified atom stereocenters. The van der Waals surface area contributed by atoms with Crippen LogP contribution in [0.25, 0.3) is 0 Å². The predicted octanol–water partition coefficient (Wildman–Crippen LogP) is 4.11. The Labute approximate surface area is 108 Å². The van der Waals surface area contributed by atoms with Gasteiger partial charge in [0.15, 0.2) is 0 Å². The van der Waals surface area contributed by atoms with Crippen molar-refractivity contribution in [3.05, 3.63) is 57.8 Å². The van der Waals surface area contributed by atoms with Crippen molar-refractivity contribution in [2.45, 2.75) is 6.54 Å². The van der Waals surface area contributed by atoms with Crippen molar-refractivity contribution in [3.8, 4) is 0 Å². The number of pyridine rings is 1. The van der Waals surface area contributed by atoms with Crippen LogP contribution >= 0.6 is 27.5 Å². The van der Waals surface area contributed by atoms with E-state index in [1.165, 1.54) is 0 Å². The summed E-state index contributed by atoms with van der Waals surface area (Å²) in [6, 6.07) is 9.71. The fourth-order valence-corrected chi connectivity index (χ4v) is 1.94. The molecule has 0 aliphatic carbocycles. The van der Waals surface area contributed by atoms with Crippen LogP contribution < -0.4 is 5.32 Å². The van der Waals surface area contributed by atoms with E-state index in [1.807, 2.05) is 30.3 Å². The lowest BCUT2D eigenvalue weighted by Crippen LogP contribution is -2.00. The first kappa shape index (κ1) is 11.4. The largest absolute Gasteiger partial charge is 0.380 e. The number of anilines is 1. The van der Waals surface area contributed by atoms with E-state index in [2.05, 4.69) is 26.2 Å². The van der Waals surface area contributed by atoms with Crippen molar-refractivity contribution in [2.24, 2.45) is 0 Å². The van der Waals surface area contributed by atoms with Gasteiger partial charge in [-0.05, 0) is 33.6 Å². The predicted molar refractivity (Wildman–Crippen MR) is 70.7 cm³/mol. The number of aromatic nitrogens is 1. The lowest BCUT2D eigenvalue weighted by Gasteiger charge is -2.09. The van der Waals surface area contributed by atoms with Crippen LogP contribution in [0.5, 0.6) is 0 Å². The van der Waals surface area contributed by atoms with Crippen molar-refractivity contribution in [1.29, 1.82) is 0 Å². The Morgan fingerprint density at radius 1 is 1.25 bits per heavy atom. The summed E-state index contributed by atoms with van der Waals surface area (Å²) in [6.45, 7) is 0.697. The Hall–Kier alpha value is -1.06. The number of hydrogen-bond acceptors (Lipinski definition) is 2. The van der Waals surface area contributed by atoms with E-state index in [0.29, 0.717) is 6.54 Å². The monoisotopic (exact) mass is 296 g/mol. The molecule has 4 heteroatoms. The topological polar surface area (TPSA) is 24.9 Å². The van der Waals surface area contributed by atoms with Gasteiger partial charge in [0.25, 0.3) is 0 Å². The van der Waals surface area contributed by atoms with Gasteiger partial charge in [-0.2, -0.15) is 0 Å². The van der Waals surface area contributed by atoms with Crippen molar-refractivity contribution >= 4 is 33.2 Å². The highest BCUT2D eigenvalue weighted by molar-refractivity contribution is 9.10. The summed E-state index contributed by atoms with van der Waals surface area (Å²) in [7, 11) is 0. The quantitative estimate of drug-likeness (QED) is 0.922. The lowest BCUT2D eigenvalue weighted by atomic mass is 10.2. The maximum absolute atomic E-state index is 6.07. The third kappa shape index (κ3) is 2.74. The molecule has 82 valence electrons. The van der Waals surface area contributed by atoms with Crippen LogP contribution in [0.2, 0.25) is 5.02 Å². The molecule has 0 radical (unpaired) electrons. The highest BCUT2D eigenvalue weighted by Gasteiger charge is 2.01. The minimum Gasteiger partial charge on any atom is -0.380 e. The maximum atomic E-state index is 6.07. The molecule has 0 spiro atoms. The summed E-state index contributed by atoms with van der Waals surface area (Å²) in [5.74, 6) is 0. The fraction of sp³-hybridized carbons (Fsp3) is 0.0833. The van der Waals surface area contributed by atoms with Crippen molar-refractivity contribution in [2.75, 3.05) is 5.32 Å². The van der Waals surface area contributed by atoms with Crippen LogP contribution in [0.1, 0.15) is 5.56 Å². The van der Waals surface area contributed by atoms with Crippen molar-refractivity contribution in [1.82, 2.24) is 4.98 Å². The van der Waals surface area contributed by atoms with Crippen molar-refractivity contribution in [3.63, 3.8) is 0 Å². The Balaban J connectivity index is 2.09. The van der Waals surface area contributed by atoms with Crippen LogP contribution in [-0.2, 0) is 6.54 Å². The molecule has 1 heterocycles. The fourth-order valence-electron chi connectivity index (χ4n) is 1.35. The highest BCUT2D eigenvalue weighted by atomic mass is 79.9. The van der Waals surface area contributed by atoms with Crippen molar-refractivity contribution < 1.29 is 0 Å². The van der Waals surface area contributed by atoms with E-state index in [0.717, 1.165) is 20.7 Å². The van der Waals surface area contributed by atoms with Crippen LogP contribution in [0, 0.1) is 0 Å². The third-order valence-corrected chi connectivity index (χ3v) is 3.20. The van der Waals surface area contributed by atoms with E-state index >= 15 is 0 Å². The van der Waals surface area contributed by atoms with E-state index in [-0.39, 0.29) is 0 Å². The number of nitrogens with zero attached hydrogens (tertiary/aromatic N) is 1. The van der Waals surface area contributed by atoms with Crippen LogP contribution in [0.3, 0.4) is 0 Å². The molecule has 2 nitrogen and oxygen atoms in total. The molecule has 16 heavy (non-hydrogen) atoms. The molecule has 0 saturated carbocycles. The van der Waals surface area contributed by atoms with Gasteiger partial charge in [-0.3, -0.25) is 4.98 Å². The first-order chi connectivity index (χ1) is 7.77. The number of rotatable bonds is 3. The third-order valence-electron chi connectivity index (χ3n) is 2.20. The van der Waals surface area contributed by atoms with Gasteiger partial charge in [-0.1, -0.05) is 29.8 Å². The molecule has 1 aromatic heterocycles. The Morgan fingerprint density at radius 2 is 2.06 bits per heavy atom. The molecule has 1 aromatic carbocycles. The van der Waals surface area contributed by atoms with Gasteiger partial charge in [-0.25, -0.2) is 0 Å². The average molecular weight is 298 g/mol. The molecule has 0 bridgehead atoms. The average Bonchev–Trinajstić information content (AvgIpc) is 2.30. The zero-order valence-electron chi connectivity index (χ0n) is 8.45. The van der Waals surface area contributed by atoms with Gasteiger partial charge in [0.05, 0.1) is 10.2 Å². The SMILES string of the molecule is Clc1ccccc1CNc1ccncc1Br. The highest BCUT2D eigenvalue weighted by Crippen LogP contribution is 2.22. The van der Waals surface area contributed by atoms with E-state index in [4.69, 9.17) is 11.6 Å². The number of nitrogens with one attached hydrogen (secondary N) is 1. The molecule has 0 aliphatic heterocycles. The normalized spacial score (nSPS) is 10.1. The van der Waals surface area contributed by atoms with E-state index in [1.54, 1.807) is 12.4 Å². The smallest absolute Gasteiger partial charge is 0.0590 e. The molecular weight excluding hydrogens is 288 g/mol. The molecular formula is C12H10BrClN2. The summed E-state index contributed by atoms with van der Waals surface area (Å²) < 4.78 is 0.946. The van der Waals surface area contributed by atoms with Gasteiger partial charge in [0.2, 0.25) is 0 Å². The number of halogens is 2. The van der Waals surface area contributed by atoms with Gasteiger partial charge in [-0.15, -0.1) is 0 Å². The van der Waals surface area contributed by atoms with E-state index < -0.39 is 0 Å². The summed E-state index contributed by atoms with van der Waals surface area (Å²) in [5.41, 5.74) is 2.09.